The van der Waals surface area contributed by atoms with Crippen LogP contribution in [0, 0.1) is 11.8 Å². The van der Waals surface area contributed by atoms with Crippen molar-refractivity contribution < 1.29 is 31.9 Å². The second kappa shape index (κ2) is 10.9. The maximum atomic E-state index is 12.8. The third kappa shape index (κ3) is 5.36. The van der Waals surface area contributed by atoms with E-state index in [9.17, 15) is 9.90 Å². The smallest absolute Gasteiger partial charge is 0.348 e. The van der Waals surface area contributed by atoms with Crippen LogP contribution in [0.4, 0.5) is 0 Å². The van der Waals surface area contributed by atoms with Gasteiger partial charge in [0, 0.05) is 0 Å². The van der Waals surface area contributed by atoms with Crippen LogP contribution in [-0.4, -0.2) is 37.3 Å². The Morgan fingerprint density at radius 3 is 2.00 bits per heavy atom. The lowest BCUT2D eigenvalue weighted by Crippen LogP contribution is -3.12. The fourth-order valence-corrected chi connectivity index (χ4v) is 3.43. The van der Waals surface area contributed by atoms with Gasteiger partial charge in [-0.3, -0.25) is 0 Å². The summed E-state index contributed by atoms with van der Waals surface area (Å²) in [5, 5.41) is 11.3. The summed E-state index contributed by atoms with van der Waals surface area (Å²) in [5.41, 5.74) is -0.888. The maximum absolute atomic E-state index is 12.8. The number of nitrogens with one attached hydrogen (secondary N) is 1. The molecular weight excluding hydrogens is 374 g/mol. The van der Waals surface area contributed by atoms with Gasteiger partial charge in [0.15, 0.2) is 6.61 Å². The van der Waals surface area contributed by atoms with Gasteiger partial charge in [-0.1, -0.05) is 66.6 Å². The van der Waals surface area contributed by atoms with E-state index >= 15 is 0 Å². The van der Waals surface area contributed by atoms with E-state index in [1.807, 2.05) is 12.1 Å². The summed E-state index contributed by atoms with van der Waals surface area (Å²) < 4.78 is 5.33. The van der Waals surface area contributed by atoms with Gasteiger partial charge in [-0.15, -0.1) is 0 Å². The topological polar surface area (TPSA) is 51.0 Å². The molecule has 2 N–H and O–H groups in total. The molecule has 0 aliphatic carbocycles. The molecule has 1 saturated heterocycles. The molecule has 148 valence electrons. The van der Waals surface area contributed by atoms with E-state index in [4.69, 9.17) is 4.74 Å². The molecule has 4 nitrogen and oxygen atoms in total. The van der Waals surface area contributed by atoms with Crippen molar-refractivity contribution in [3.63, 3.8) is 0 Å². The number of ether oxygens (including phenoxy) is 1. The molecule has 3 rings (SSSR count). The van der Waals surface area contributed by atoms with Gasteiger partial charge in [0.1, 0.15) is 6.54 Å². The summed E-state index contributed by atoms with van der Waals surface area (Å²) in [6.45, 7) is 3.08. The van der Waals surface area contributed by atoms with E-state index in [0.29, 0.717) is 11.1 Å². The largest absolute Gasteiger partial charge is 1.00 e. The van der Waals surface area contributed by atoms with Gasteiger partial charge >= 0.3 is 5.97 Å². The van der Waals surface area contributed by atoms with Gasteiger partial charge in [0.25, 0.3) is 0 Å². The van der Waals surface area contributed by atoms with Crippen LogP contribution in [0.15, 0.2) is 60.7 Å². The fourth-order valence-electron chi connectivity index (χ4n) is 3.43. The Kier molecular flexibility index (Phi) is 8.53. The van der Waals surface area contributed by atoms with E-state index in [-0.39, 0.29) is 19.0 Å². The zero-order valence-corrected chi connectivity index (χ0v) is 16.6. The Morgan fingerprint density at radius 2 is 1.46 bits per heavy atom. The molecular formula is C23H26ClNO3. The Morgan fingerprint density at radius 1 is 0.929 bits per heavy atom. The van der Waals surface area contributed by atoms with Gasteiger partial charge in [0.2, 0.25) is 5.60 Å². The summed E-state index contributed by atoms with van der Waals surface area (Å²) in [4.78, 5) is 14.3. The molecule has 2 aromatic carbocycles. The first-order chi connectivity index (χ1) is 13.2. The van der Waals surface area contributed by atoms with E-state index in [1.54, 1.807) is 48.5 Å². The van der Waals surface area contributed by atoms with Crippen molar-refractivity contribution >= 4 is 5.97 Å². The highest BCUT2D eigenvalue weighted by molar-refractivity contribution is 5.85. The average Bonchev–Trinajstić information content (AvgIpc) is 2.74. The Balaban J connectivity index is 0.00000280. The Hall–Kier alpha value is -2.32. The van der Waals surface area contributed by atoms with Crippen LogP contribution in [0.3, 0.4) is 0 Å². The monoisotopic (exact) mass is 399 g/mol. The number of rotatable bonds is 5. The highest BCUT2D eigenvalue weighted by Gasteiger charge is 2.41. The number of piperidine rings is 1. The van der Waals surface area contributed by atoms with E-state index in [0.717, 1.165) is 19.6 Å². The van der Waals surface area contributed by atoms with Gasteiger partial charge < -0.3 is 27.2 Å². The normalized spacial score (nSPS) is 14.3. The molecule has 0 aromatic heterocycles. The molecule has 0 saturated carbocycles. The number of esters is 1. The second-order valence-corrected chi connectivity index (χ2v) is 6.86. The first-order valence-corrected chi connectivity index (χ1v) is 9.51. The minimum absolute atomic E-state index is 0. The number of benzene rings is 2. The third-order valence-corrected chi connectivity index (χ3v) is 4.98. The number of aliphatic hydroxyl groups is 1. The van der Waals surface area contributed by atoms with Gasteiger partial charge in [-0.25, -0.2) is 4.79 Å². The fraction of sp³-hybridized carbons (Fsp3) is 0.348. The van der Waals surface area contributed by atoms with E-state index in [2.05, 4.69) is 11.8 Å². The first-order valence-electron chi connectivity index (χ1n) is 9.51. The third-order valence-electron chi connectivity index (χ3n) is 4.98. The van der Waals surface area contributed by atoms with Gasteiger partial charge in [-0.2, -0.15) is 0 Å². The number of carbonyl (C=O) groups is 1. The minimum atomic E-state index is -1.84. The van der Waals surface area contributed by atoms with Crippen molar-refractivity contribution in [2.24, 2.45) is 0 Å². The highest BCUT2D eigenvalue weighted by atomic mass is 35.5. The minimum Gasteiger partial charge on any atom is -1.00 e. The van der Waals surface area contributed by atoms with Crippen LogP contribution < -0.4 is 17.3 Å². The SMILES string of the molecule is O=C(OCC#CC[NH+]1CCCCC1)C(O)(c1ccccc1)c1ccccc1.[Cl-]. The zero-order chi connectivity index (χ0) is 19.0. The van der Waals surface area contributed by atoms with Crippen LogP contribution in [0.25, 0.3) is 0 Å². The summed E-state index contributed by atoms with van der Waals surface area (Å²) in [5.74, 6) is 5.30. The molecule has 0 bridgehead atoms. The lowest BCUT2D eigenvalue weighted by Gasteiger charge is -2.26. The lowest BCUT2D eigenvalue weighted by atomic mass is 9.86. The molecule has 2 aromatic rings. The molecule has 1 aliphatic heterocycles. The zero-order valence-electron chi connectivity index (χ0n) is 15.9. The Labute approximate surface area is 172 Å². The number of hydrogen-bond acceptors (Lipinski definition) is 3. The molecule has 0 radical (unpaired) electrons. The van der Waals surface area contributed by atoms with Crippen molar-refractivity contribution in [2.45, 2.75) is 24.9 Å². The molecule has 28 heavy (non-hydrogen) atoms. The second-order valence-electron chi connectivity index (χ2n) is 6.86. The van der Waals surface area contributed by atoms with Crippen LogP contribution in [0.1, 0.15) is 30.4 Å². The number of halogens is 1. The van der Waals surface area contributed by atoms with Crippen LogP contribution in [0.5, 0.6) is 0 Å². The van der Waals surface area contributed by atoms with Gasteiger partial charge in [-0.05, 0) is 36.3 Å². The molecule has 1 aliphatic rings. The van der Waals surface area contributed by atoms with E-state index < -0.39 is 11.6 Å². The molecule has 1 fully saturated rings. The summed E-state index contributed by atoms with van der Waals surface area (Å²) in [7, 11) is 0. The lowest BCUT2D eigenvalue weighted by molar-refractivity contribution is -0.897. The molecule has 0 amide bonds. The van der Waals surface area contributed by atoms with Crippen molar-refractivity contribution in [1.82, 2.24) is 0 Å². The average molecular weight is 400 g/mol. The summed E-state index contributed by atoms with van der Waals surface area (Å²) >= 11 is 0. The van der Waals surface area contributed by atoms with E-state index in [1.165, 1.54) is 24.2 Å². The predicted molar refractivity (Wildman–Crippen MR) is 104 cm³/mol. The van der Waals surface area contributed by atoms with Crippen LogP contribution >= 0.6 is 0 Å². The molecule has 5 heteroatoms. The molecule has 0 spiro atoms. The standard InChI is InChI=1S/C23H25NO3.ClH/c25-22(27-19-11-10-18-24-16-8-3-9-17-24)23(26,20-12-4-1-5-13-20)21-14-6-2-7-15-21;/h1-2,4-7,12-15,26H,3,8-9,16-19H2;1H. The first kappa shape index (κ1) is 22.0. The Bertz CT molecular complexity index is 753. The molecule has 0 unspecified atom stereocenters. The number of likely N-dealkylation sites (tertiary alicyclic amines) is 1. The number of quaternary nitrogens is 1. The van der Waals surface area contributed by atoms with Crippen LogP contribution in [-0.2, 0) is 15.1 Å². The predicted octanol–water partition coefficient (Wildman–Crippen LogP) is -1.46. The van der Waals surface area contributed by atoms with Crippen LogP contribution in [0.2, 0.25) is 0 Å². The molecule has 0 atom stereocenters. The van der Waals surface area contributed by atoms with Crippen molar-refractivity contribution in [1.29, 1.82) is 0 Å². The highest BCUT2D eigenvalue weighted by Crippen LogP contribution is 2.30. The number of carbonyl (C=O) groups excluding carboxylic acids is 1. The van der Waals surface area contributed by atoms with Crippen molar-refractivity contribution in [3.8, 4) is 11.8 Å². The van der Waals surface area contributed by atoms with Crippen molar-refractivity contribution in [2.75, 3.05) is 26.2 Å². The molecule has 1 heterocycles. The summed E-state index contributed by atoms with van der Waals surface area (Å²) in [6, 6.07) is 17.7. The quantitative estimate of drug-likeness (QED) is 0.477. The summed E-state index contributed by atoms with van der Waals surface area (Å²) in [6.07, 6.45) is 3.83. The number of hydrogen-bond donors (Lipinski definition) is 2. The van der Waals surface area contributed by atoms with Crippen molar-refractivity contribution in [3.05, 3.63) is 71.8 Å². The van der Waals surface area contributed by atoms with Gasteiger partial charge in [0.05, 0.1) is 13.1 Å². The maximum Gasteiger partial charge on any atom is 0.348 e.